The van der Waals surface area contributed by atoms with Crippen LogP contribution in [-0.2, 0) is 22.6 Å². The van der Waals surface area contributed by atoms with Crippen LogP contribution in [-0.4, -0.2) is 76.8 Å². The Morgan fingerprint density at radius 1 is 1.05 bits per heavy atom. The van der Waals surface area contributed by atoms with E-state index >= 15 is 0 Å². The van der Waals surface area contributed by atoms with E-state index in [4.69, 9.17) is 19.2 Å². The highest BCUT2D eigenvalue weighted by Crippen LogP contribution is 2.29. The molecule has 0 spiro atoms. The molecule has 0 bridgehead atoms. The van der Waals surface area contributed by atoms with Crippen molar-refractivity contribution in [2.75, 3.05) is 52.4 Å². The lowest BCUT2D eigenvalue weighted by atomic mass is 10.2. The molecule has 13 heteroatoms. The average molecular weight is 605 g/mol. The third-order valence-corrected chi connectivity index (χ3v) is 8.67. The Morgan fingerprint density at radius 2 is 1.84 bits per heavy atom. The van der Waals surface area contributed by atoms with Crippen LogP contribution < -0.4 is 25.9 Å². The first kappa shape index (κ1) is 28.6. The van der Waals surface area contributed by atoms with Crippen LogP contribution in [0.2, 0.25) is 0 Å². The SMILES string of the molecule is COc1ccc(OC)c(NC(=O)Cn2c3cc(=O)n(CCN4CCOCC4)c(C)c3c(=O)n2-c2nc3ccccc3s2)c1. The third-order valence-electron chi connectivity index (χ3n) is 7.66. The van der Waals surface area contributed by atoms with E-state index in [0.717, 1.165) is 23.3 Å². The number of aryl methyl sites for hydroxylation is 1. The number of hydrogen-bond donors (Lipinski definition) is 1. The van der Waals surface area contributed by atoms with Crippen molar-refractivity contribution in [2.24, 2.45) is 0 Å². The lowest BCUT2D eigenvalue weighted by Crippen LogP contribution is -2.39. The van der Waals surface area contributed by atoms with Gasteiger partial charge in [-0.1, -0.05) is 23.5 Å². The monoisotopic (exact) mass is 604 g/mol. The summed E-state index contributed by atoms with van der Waals surface area (Å²) in [5.41, 5.74) is 1.46. The minimum Gasteiger partial charge on any atom is -0.497 e. The van der Waals surface area contributed by atoms with Crippen LogP contribution in [0.3, 0.4) is 0 Å². The molecule has 43 heavy (non-hydrogen) atoms. The molecule has 1 amide bonds. The summed E-state index contributed by atoms with van der Waals surface area (Å²) in [5, 5.41) is 3.64. The van der Waals surface area contributed by atoms with Crippen LogP contribution in [0.5, 0.6) is 11.5 Å². The third kappa shape index (κ3) is 5.54. The Bertz CT molecular complexity index is 1900. The molecule has 2 aromatic carbocycles. The molecule has 1 aliphatic heterocycles. The van der Waals surface area contributed by atoms with Gasteiger partial charge in [-0.2, -0.15) is 4.68 Å². The molecular formula is C30H32N6O6S. The second-order valence-corrected chi connectivity index (χ2v) is 11.2. The molecule has 0 aliphatic carbocycles. The molecular weight excluding hydrogens is 572 g/mol. The molecule has 12 nitrogen and oxygen atoms in total. The Labute approximate surface area is 250 Å². The van der Waals surface area contributed by atoms with Crippen LogP contribution in [0.15, 0.2) is 58.1 Å². The summed E-state index contributed by atoms with van der Waals surface area (Å²) in [7, 11) is 3.04. The topological polar surface area (TPSA) is 122 Å². The van der Waals surface area contributed by atoms with Crippen LogP contribution >= 0.6 is 11.3 Å². The summed E-state index contributed by atoms with van der Waals surface area (Å²) in [5.74, 6) is 0.573. The number of fused-ring (bicyclic) bond motifs is 2. The van der Waals surface area contributed by atoms with Crippen molar-refractivity contribution in [3.05, 3.63) is 74.9 Å². The van der Waals surface area contributed by atoms with E-state index < -0.39 is 5.91 Å². The number of anilines is 1. The van der Waals surface area contributed by atoms with E-state index in [1.54, 1.807) is 29.7 Å². The van der Waals surface area contributed by atoms with Crippen molar-refractivity contribution in [1.29, 1.82) is 0 Å². The number of benzene rings is 2. The van der Waals surface area contributed by atoms with Crippen LogP contribution in [0.25, 0.3) is 26.3 Å². The van der Waals surface area contributed by atoms with Gasteiger partial charge in [0.05, 0.1) is 54.2 Å². The van der Waals surface area contributed by atoms with Gasteiger partial charge in [-0.15, -0.1) is 0 Å². The van der Waals surface area contributed by atoms with Gasteiger partial charge in [-0.05, 0) is 31.2 Å². The number of methoxy groups -OCH3 is 2. The maximum absolute atomic E-state index is 14.1. The Kier molecular flexibility index (Phi) is 8.02. The minimum atomic E-state index is -0.424. The van der Waals surface area contributed by atoms with Crippen molar-refractivity contribution >= 4 is 44.1 Å². The largest absolute Gasteiger partial charge is 0.497 e. The Balaban J connectivity index is 1.44. The number of amides is 1. The first-order valence-corrected chi connectivity index (χ1v) is 14.7. The van der Waals surface area contributed by atoms with E-state index in [0.29, 0.717) is 65.2 Å². The summed E-state index contributed by atoms with van der Waals surface area (Å²) in [6.45, 7) is 5.52. The summed E-state index contributed by atoms with van der Waals surface area (Å²) in [4.78, 5) is 48.1. The average Bonchev–Trinajstić information content (AvgIpc) is 3.55. The number of rotatable bonds is 9. The second kappa shape index (κ2) is 12.0. The van der Waals surface area contributed by atoms with Crippen LogP contribution in [0, 0.1) is 6.92 Å². The molecule has 3 aromatic heterocycles. The quantitative estimate of drug-likeness (QED) is 0.273. The normalized spacial score (nSPS) is 13.9. The van der Waals surface area contributed by atoms with E-state index in [-0.39, 0.29) is 17.7 Å². The summed E-state index contributed by atoms with van der Waals surface area (Å²) in [6.07, 6.45) is 0. The van der Waals surface area contributed by atoms with Gasteiger partial charge >= 0.3 is 0 Å². The number of carbonyl (C=O) groups is 1. The van der Waals surface area contributed by atoms with Crippen molar-refractivity contribution in [3.63, 3.8) is 0 Å². The van der Waals surface area contributed by atoms with E-state index in [2.05, 4.69) is 10.2 Å². The van der Waals surface area contributed by atoms with Crippen molar-refractivity contribution in [3.8, 4) is 16.6 Å². The predicted molar refractivity (Wildman–Crippen MR) is 165 cm³/mol. The Morgan fingerprint density at radius 3 is 2.58 bits per heavy atom. The smallest absolute Gasteiger partial charge is 0.283 e. The fourth-order valence-electron chi connectivity index (χ4n) is 5.42. The fraction of sp³-hybridized carbons (Fsp3) is 0.333. The number of carbonyl (C=O) groups excluding carboxylic acids is 1. The highest BCUT2D eigenvalue weighted by atomic mass is 32.1. The highest BCUT2D eigenvalue weighted by Gasteiger charge is 2.24. The molecule has 0 unspecified atom stereocenters. The standard InChI is InChI=1S/C30H32N6O6S/c1-19-28-23(17-27(38)34(19)11-10-33-12-14-42-15-13-33)35(18-26(37)31-22-16-20(40-2)8-9-24(22)41-3)36(29(28)39)30-32-21-6-4-5-7-25(21)43-30/h4-9,16-17H,10-15,18H2,1-3H3,(H,31,37). The van der Waals surface area contributed by atoms with Gasteiger partial charge in [0.15, 0.2) is 0 Å². The zero-order chi connectivity index (χ0) is 30.1. The summed E-state index contributed by atoms with van der Waals surface area (Å²) < 4.78 is 21.6. The van der Waals surface area contributed by atoms with Crippen molar-refractivity contribution in [1.82, 2.24) is 23.8 Å². The summed E-state index contributed by atoms with van der Waals surface area (Å²) in [6, 6.07) is 14.1. The molecule has 1 N–H and O–H groups in total. The number of nitrogens with zero attached hydrogens (tertiary/aromatic N) is 5. The first-order chi connectivity index (χ1) is 20.9. The van der Waals surface area contributed by atoms with E-state index in [1.165, 1.54) is 41.0 Å². The maximum Gasteiger partial charge on any atom is 0.283 e. The van der Waals surface area contributed by atoms with Gasteiger partial charge in [0, 0.05) is 44.0 Å². The van der Waals surface area contributed by atoms with Gasteiger partial charge in [0.25, 0.3) is 11.1 Å². The fourth-order valence-corrected chi connectivity index (χ4v) is 6.40. The van der Waals surface area contributed by atoms with Gasteiger partial charge in [-0.3, -0.25) is 24.0 Å². The van der Waals surface area contributed by atoms with Crippen molar-refractivity contribution < 1.29 is 19.0 Å². The first-order valence-electron chi connectivity index (χ1n) is 13.9. The molecule has 1 fully saturated rings. The van der Waals surface area contributed by atoms with Gasteiger partial charge in [0.2, 0.25) is 11.0 Å². The molecule has 1 aliphatic rings. The lowest BCUT2D eigenvalue weighted by molar-refractivity contribution is -0.116. The van der Waals surface area contributed by atoms with Gasteiger partial charge < -0.3 is 24.1 Å². The maximum atomic E-state index is 14.1. The van der Waals surface area contributed by atoms with E-state index in [1.807, 2.05) is 24.3 Å². The second-order valence-electron chi connectivity index (χ2n) is 10.2. The number of morpholine rings is 1. The molecule has 0 radical (unpaired) electrons. The zero-order valence-corrected chi connectivity index (χ0v) is 25.0. The van der Waals surface area contributed by atoms with Gasteiger partial charge in [0.1, 0.15) is 18.0 Å². The Hall–Kier alpha value is -4.46. The van der Waals surface area contributed by atoms with E-state index in [9.17, 15) is 14.4 Å². The molecule has 224 valence electrons. The van der Waals surface area contributed by atoms with Crippen LogP contribution in [0.4, 0.5) is 5.69 Å². The molecule has 0 atom stereocenters. The lowest BCUT2D eigenvalue weighted by Gasteiger charge is -2.27. The molecule has 5 aromatic rings. The van der Waals surface area contributed by atoms with Crippen LogP contribution in [0.1, 0.15) is 5.69 Å². The molecule has 6 rings (SSSR count). The number of para-hydroxylation sites is 1. The number of aromatic nitrogens is 4. The molecule has 4 heterocycles. The minimum absolute atomic E-state index is 0.247. The van der Waals surface area contributed by atoms with Gasteiger partial charge in [-0.25, -0.2) is 4.98 Å². The number of ether oxygens (including phenoxy) is 3. The molecule has 1 saturated heterocycles. The predicted octanol–water partition coefficient (Wildman–Crippen LogP) is 2.86. The number of thiazole rings is 1. The van der Waals surface area contributed by atoms with Crippen molar-refractivity contribution in [2.45, 2.75) is 20.0 Å². The number of hydrogen-bond acceptors (Lipinski definition) is 9. The number of nitrogens with one attached hydrogen (secondary N) is 1. The summed E-state index contributed by atoms with van der Waals surface area (Å²) >= 11 is 1.34. The highest BCUT2D eigenvalue weighted by molar-refractivity contribution is 7.20. The molecule has 0 saturated carbocycles. The number of pyridine rings is 1. The zero-order valence-electron chi connectivity index (χ0n) is 24.2.